The first-order chi connectivity index (χ1) is 8.82. The van der Waals surface area contributed by atoms with E-state index in [4.69, 9.17) is 0 Å². The third kappa shape index (κ3) is 4.79. The minimum absolute atomic E-state index is 0.0546. The fraction of sp³-hybridized carbons (Fsp3) is 0.857. The average Bonchev–Trinajstić information content (AvgIpc) is 2.37. The van der Waals surface area contributed by atoms with E-state index in [9.17, 15) is 9.59 Å². The summed E-state index contributed by atoms with van der Waals surface area (Å²) in [4.78, 5) is 25.6. The van der Waals surface area contributed by atoms with Crippen molar-refractivity contribution in [1.29, 1.82) is 0 Å². The lowest BCUT2D eigenvalue weighted by Crippen LogP contribution is -2.49. The molecule has 0 aromatic heterocycles. The zero-order valence-corrected chi connectivity index (χ0v) is 13.9. The van der Waals surface area contributed by atoms with Crippen LogP contribution in [0.4, 0.5) is 0 Å². The lowest BCUT2D eigenvalue weighted by atomic mass is 10.0. The average molecular weight is 333 g/mol. The van der Waals surface area contributed by atoms with Crippen LogP contribution in [0.5, 0.6) is 0 Å². The highest BCUT2D eigenvalue weighted by Gasteiger charge is 2.27. The molecule has 0 bridgehead atoms. The Bertz CT molecular complexity index is 323. The van der Waals surface area contributed by atoms with E-state index in [1.165, 1.54) is 0 Å². The number of carbonyl (C=O) groups is 2. The maximum atomic E-state index is 11.9. The second-order valence-corrected chi connectivity index (χ2v) is 6.90. The number of carbonyl (C=O) groups excluding carboxylic acids is 2. The minimum atomic E-state index is -0.136. The molecular weight excluding hydrogens is 308 g/mol. The molecule has 5 heteroatoms. The molecule has 0 spiro atoms. The third-order valence-corrected chi connectivity index (χ3v) is 4.96. The Morgan fingerprint density at radius 2 is 1.68 bits per heavy atom. The predicted octanol–water partition coefficient (Wildman–Crippen LogP) is 2.17. The third-order valence-electron chi connectivity index (χ3n) is 3.48. The molecule has 2 amide bonds. The standard InChI is InChI=1S/C14H25BrN2O2/c1-9(2)12(15)13(18)16-11-5-7-17(8-6-11)14(19)10(3)4/h9-12H,5-8H2,1-4H3,(H,16,18). The van der Waals surface area contributed by atoms with Gasteiger partial charge in [0.05, 0.1) is 4.83 Å². The van der Waals surface area contributed by atoms with Crippen molar-refractivity contribution < 1.29 is 9.59 Å². The molecule has 0 aromatic carbocycles. The molecule has 1 fully saturated rings. The Morgan fingerprint density at radius 3 is 2.11 bits per heavy atom. The van der Waals surface area contributed by atoms with Gasteiger partial charge in [0, 0.05) is 25.0 Å². The number of halogens is 1. The number of hydrogen-bond acceptors (Lipinski definition) is 2. The van der Waals surface area contributed by atoms with E-state index in [-0.39, 0.29) is 34.5 Å². The second kappa shape index (κ2) is 7.27. The largest absolute Gasteiger partial charge is 0.352 e. The molecule has 1 saturated heterocycles. The van der Waals surface area contributed by atoms with Crippen molar-refractivity contribution >= 4 is 27.7 Å². The Morgan fingerprint density at radius 1 is 1.16 bits per heavy atom. The number of nitrogens with one attached hydrogen (secondary N) is 1. The van der Waals surface area contributed by atoms with Crippen LogP contribution in [0, 0.1) is 11.8 Å². The summed E-state index contributed by atoms with van der Waals surface area (Å²) in [6.45, 7) is 9.38. The molecule has 1 aliphatic heterocycles. The van der Waals surface area contributed by atoms with Crippen LogP contribution in [0.25, 0.3) is 0 Å². The molecule has 0 aromatic rings. The van der Waals surface area contributed by atoms with Gasteiger partial charge in [-0.25, -0.2) is 0 Å². The normalized spacial score (nSPS) is 18.8. The molecule has 0 aliphatic carbocycles. The van der Waals surface area contributed by atoms with E-state index < -0.39 is 0 Å². The Labute approximate surface area is 124 Å². The van der Waals surface area contributed by atoms with Crippen LogP contribution in [0.3, 0.4) is 0 Å². The molecule has 19 heavy (non-hydrogen) atoms. The topological polar surface area (TPSA) is 49.4 Å². The highest BCUT2D eigenvalue weighted by Crippen LogP contribution is 2.16. The number of likely N-dealkylation sites (tertiary alicyclic amines) is 1. The first-order valence-corrected chi connectivity index (χ1v) is 7.97. The van der Waals surface area contributed by atoms with E-state index in [2.05, 4.69) is 21.2 Å². The molecule has 1 heterocycles. The van der Waals surface area contributed by atoms with Crippen molar-refractivity contribution in [3.63, 3.8) is 0 Å². The number of rotatable bonds is 4. The van der Waals surface area contributed by atoms with Gasteiger partial charge in [-0.3, -0.25) is 9.59 Å². The van der Waals surface area contributed by atoms with E-state index in [0.29, 0.717) is 0 Å². The molecule has 0 radical (unpaired) electrons. The number of amides is 2. The lowest BCUT2D eigenvalue weighted by Gasteiger charge is -2.34. The maximum absolute atomic E-state index is 11.9. The zero-order valence-electron chi connectivity index (χ0n) is 12.3. The van der Waals surface area contributed by atoms with E-state index in [1.807, 2.05) is 32.6 Å². The van der Waals surface area contributed by atoms with Crippen molar-refractivity contribution in [1.82, 2.24) is 10.2 Å². The van der Waals surface area contributed by atoms with Crippen LogP contribution in [-0.2, 0) is 9.59 Å². The second-order valence-electron chi connectivity index (χ2n) is 5.91. The Kier molecular flexibility index (Phi) is 6.30. The van der Waals surface area contributed by atoms with Gasteiger partial charge in [-0.2, -0.15) is 0 Å². The summed E-state index contributed by atoms with van der Waals surface area (Å²) in [7, 11) is 0. The van der Waals surface area contributed by atoms with Crippen molar-refractivity contribution in [3.8, 4) is 0 Å². The quantitative estimate of drug-likeness (QED) is 0.802. The Hall–Kier alpha value is -0.580. The van der Waals surface area contributed by atoms with Crippen LogP contribution in [0.1, 0.15) is 40.5 Å². The van der Waals surface area contributed by atoms with Crippen LogP contribution in [-0.4, -0.2) is 40.7 Å². The van der Waals surface area contributed by atoms with Gasteiger partial charge < -0.3 is 10.2 Å². The maximum Gasteiger partial charge on any atom is 0.234 e. The molecule has 1 unspecified atom stereocenters. The van der Waals surface area contributed by atoms with Crippen molar-refractivity contribution in [3.05, 3.63) is 0 Å². The molecule has 4 nitrogen and oxygen atoms in total. The number of nitrogens with zero attached hydrogens (tertiary/aromatic N) is 1. The molecular formula is C14H25BrN2O2. The molecule has 1 rings (SSSR count). The van der Waals surface area contributed by atoms with Gasteiger partial charge in [-0.15, -0.1) is 0 Å². The highest BCUT2D eigenvalue weighted by atomic mass is 79.9. The van der Waals surface area contributed by atoms with Crippen LogP contribution < -0.4 is 5.32 Å². The molecule has 1 aliphatic rings. The number of piperidine rings is 1. The summed E-state index contributed by atoms with van der Waals surface area (Å²) in [5.74, 6) is 0.607. The first-order valence-electron chi connectivity index (χ1n) is 7.06. The predicted molar refractivity (Wildman–Crippen MR) is 80.1 cm³/mol. The van der Waals surface area contributed by atoms with Crippen LogP contribution in [0.15, 0.2) is 0 Å². The van der Waals surface area contributed by atoms with Gasteiger partial charge in [0.25, 0.3) is 0 Å². The van der Waals surface area contributed by atoms with Gasteiger partial charge in [0.15, 0.2) is 0 Å². The lowest BCUT2D eigenvalue weighted by molar-refractivity contribution is -0.135. The van der Waals surface area contributed by atoms with Gasteiger partial charge >= 0.3 is 0 Å². The number of alkyl halides is 1. The zero-order chi connectivity index (χ0) is 14.6. The van der Waals surface area contributed by atoms with Gasteiger partial charge in [0.1, 0.15) is 0 Å². The highest BCUT2D eigenvalue weighted by molar-refractivity contribution is 9.10. The summed E-state index contributed by atoms with van der Waals surface area (Å²) >= 11 is 3.41. The minimum Gasteiger partial charge on any atom is -0.352 e. The van der Waals surface area contributed by atoms with Gasteiger partial charge in [-0.1, -0.05) is 43.6 Å². The van der Waals surface area contributed by atoms with E-state index in [0.717, 1.165) is 25.9 Å². The fourth-order valence-electron chi connectivity index (χ4n) is 2.19. The monoisotopic (exact) mass is 332 g/mol. The summed E-state index contributed by atoms with van der Waals surface area (Å²) in [6.07, 6.45) is 1.70. The van der Waals surface area contributed by atoms with Crippen molar-refractivity contribution in [2.45, 2.75) is 51.4 Å². The van der Waals surface area contributed by atoms with Crippen LogP contribution in [0.2, 0.25) is 0 Å². The molecule has 110 valence electrons. The first kappa shape index (κ1) is 16.5. The van der Waals surface area contributed by atoms with Crippen molar-refractivity contribution in [2.24, 2.45) is 11.8 Å². The van der Waals surface area contributed by atoms with Crippen LogP contribution >= 0.6 is 15.9 Å². The van der Waals surface area contributed by atoms with E-state index in [1.54, 1.807) is 0 Å². The molecule has 0 saturated carbocycles. The number of hydrogen-bond donors (Lipinski definition) is 1. The molecule has 1 N–H and O–H groups in total. The van der Waals surface area contributed by atoms with E-state index >= 15 is 0 Å². The van der Waals surface area contributed by atoms with Gasteiger partial charge in [0.2, 0.25) is 11.8 Å². The Balaban J connectivity index is 2.38. The summed E-state index contributed by atoms with van der Waals surface area (Å²) in [6, 6.07) is 0.197. The SMILES string of the molecule is CC(C)C(=O)N1CCC(NC(=O)C(Br)C(C)C)CC1. The fourth-order valence-corrected chi connectivity index (χ4v) is 2.33. The summed E-state index contributed by atoms with van der Waals surface area (Å²) in [5, 5.41) is 3.06. The molecule has 1 atom stereocenters. The summed E-state index contributed by atoms with van der Waals surface area (Å²) < 4.78 is 0. The smallest absolute Gasteiger partial charge is 0.234 e. The van der Waals surface area contributed by atoms with Crippen molar-refractivity contribution in [2.75, 3.05) is 13.1 Å². The summed E-state index contributed by atoms with van der Waals surface area (Å²) in [5.41, 5.74) is 0. The van der Waals surface area contributed by atoms with Gasteiger partial charge in [-0.05, 0) is 18.8 Å².